The molecule has 0 aliphatic carbocycles. The Hall–Kier alpha value is -2.76. The number of nitrogens with one attached hydrogen (secondary N) is 1. The van der Waals surface area contributed by atoms with E-state index in [9.17, 15) is 22.0 Å². The van der Waals surface area contributed by atoms with E-state index in [1.807, 2.05) is 0 Å². The molecule has 0 fully saturated rings. The number of sulfonamides is 1. The van der Waals surface area contributed by atoms with Gasteiger partial charge in [-0.15, -0.1) is 0 Å². The number of ether oxygens (including phenoxy) is 1. The number of hydrogen-bond acceptors (Lipinski definition) is 5. The van der Waals surface area contributed by atoms with Crippen LogP contribution in [0.1, 0.15) is 12.2 Å². The molecule has 172 valence electrons. The summed E-state index contributed by atoms with van der Waals surface area (Å²) in [7, 11) is 1.10. The van der Waals surface area contributed by atoms with Crippen LogP contribution in [-0.4, -0.2) is 48.9 Å². The van der Waals surface area contributed by atoms with Crippen molar-refractivity contribution in [2.24, 2.45) is 7.05 Å². The smallest absolute Gasteiger partial charge is 0.387 e. The first-order valence-electron chi connectivity index (χ1n) is 9.41. The predicted molar refractivity (Wildman–Crippen MR) is 117 cm³/mol. The summed E-state index contributed by atoms with van der Waals surface area (Å²) in [6.07, 6.45) is 0.389. The molecule has 3 rings (SSSR count). The van der Waals surface area contributed by atoms with Gasteiger partial charge in [-0.25, -0.2) is 17.7 Å². The van der Waals surface area contributed by atoms with Gasteiger partial charge in [0.05, 0.1) is 21.0 Å². The SMILES string of the molecule is CN(C)S(=O)(=O)c1ccc2c(c1)nc(CCC(=O)Nc1ccc(OC(F)F)c(Cl)c1)n2C. The molecule has 0 spiro atoms. The topological polar surface area (TPSA) is 93.5 Å². The third-order valence-corrected chi connectivity index (χ3v) is 6.84. The van der Waals surface area contributed by atoms with Gasteiger partial charge in [-0.05, 0) is 36.4 Å². The molecule has 0 aliphatic heterocycles. The first kappa shape index (κ1) is 23.9. The Bertz CT molecular complexity index is 1260. The van der Waals surface area contributed by atoms with Crippen LogP contribution in [-0.2, 0) is 28.3 Å². The second-order valence-electron chi connectivity index (χ2n) is 7.10. The number of amides is 1. The van der Waals surface area contributed by atoms with Gasteiger partial charge in [-0.2, -0.15) is 8.78 Å². The fourth-order valence-electron chi connectivity index (χ4n) is 3.04. The van der Waals surface area contributed by atoms with Crippen molar-refractivity contribution in [1.29, 1.82) is 0 Å². The van der Waals surface area contributed by atoms with E-state index in [4.69, 9.17) is 11.6 Å². The second-order valence-corrected chi connectivity index (χ2v) is 9.66. The summed E-state index contributed by atoms with van der Waals surface area (Å²) >= 11 is 5.89. The molecule has 8 nitrogen and oxygen atoms in total. The molecule has 32 heavy (non-hydrogen) atoms. The van der Waals surface area contributed by atoms with Gasteiger partial charge in [0.2, 0.25) is 15.9 Å². The number of aromatic nitrogens is 2. The monoisotopic (exact) mass is 486 g/mol. The summed E-state index contributed by atoms with van der Waals surface area (Å²) in [5.74, 6) is 0.0924. The highest BCUT2D eigenvalue weighted by Gasteiger charge is 2.19. The molecule has 1 N–H and O–H groups in total. The van der Waals surface area contributed by atoms with Gasteiger partial charge in [0.25, 0.3) is 0 Å². The van der Waals surface area contributed by atoms with Crippen molar-refractivity contribution in [3.63, 3.8) is 0 Å². The normalized spacial score (nSPS) is 12.0. The van der Waals surface area contributed by atoms with Crippen molar-refractivity contribution in [3.8, 4) is 5.75 Å². The molecule has 0 unspecified atom stereocenters. The van der Waals surface area contributed by atoms with Crippen LogP contribution >= 0.6 is 11.6 Å². The third-order valence-electron chi connectivity index (χ3n) is 4.73. The van der Waals surface area contributed by atoms with Crippen molar-refractivity contribution in [2.45, 2.75) is 24.3 Å². The lowest BCUT2D eigenvalue weighted by Gasteiger charge is -2.11. The molecule has 12 heteroatoms. The van der Waals surface area contributed by atoms with Crippen molar-refractivity contribution in [3.05, 3.63) is 47.2 Å². The number of fused-ring (bicyclic) bond motifs is 1. The van der Waals surface area contributed by atoms with Gasteiger partial charge >= 0.3 is 6.61 Å². The largest absolute Gasteiger partial charge is 0.433 e. The number of aryl methyl sites for hydroxylation is 2. The predicted octanol–water partition coefficient (Wildman–Crippen LogP) is 3.65. The standard InChI is InChI=1S/C20H21ClF2N4O4S/c1-26(2)32(29,30)13-5-6-16-15(11-13)25-18(27(16)3)8-9-19(28)24-12-4-7-17(14(21)10-12)31-20(22)23/h4-7,10-11,20H,8-9H2,1-3H3,(H,24,28). The molecule has 0 bridgehead atoms. The van der Waals surface area contributed by atoms with Crippen molar-refractivity contribution < 1.29 is 26.7 Å². The molecule has 0 saturated heterocycles. The van der Waals surface area contributed by atoms with E-state index in [2.05, 4.69) is 15.0 Å². The van der Waals surface area contributed by atoms with E-state index >= 15 is 0 Å². The van der Waals surface area contributed by atoms with E-state index in [-0.39, 0.29) is 28.0 Å². The Labute approximate surface area is 188 Å². The molecule has 1 heterocycles. The molecule has 1 aromatic heterocycles. The van der Waals surface area contributed by atoms with Gasteiger partial charge in [0, 0.05) is 39.7 Å². The van der Waals surface area contributed by atoms with E-state index in [0.717, 1.165) is 9.82 Å². The number of rotatable bonds is 8. The number of carbonyl (C=O) groups excluding carboxylic acids is 1. The first-order valence-corrected chi connectivity index (χ1v) is 11.2. The minimum absolute atomic E-state index is 0.0538. The first-order chi connectivity index (χ1) is 15.0. The number of hydrogen-bond donors (Lipinski definition) is 1. The lowest BCUT2D eigenvalue weighted by Crippen LogP contribution is -2.22. The molecule has 3 aromatic rings. The number of imidazole rings is 1. The molecule has 0 saturated carbocycles. The molecule has 0 radical (unpaired) electrons. The average molecular weight is 487 g/mol. The molecule has 0 aliphatic rings. The van der Waals surface area contributed by atoms with E-state index in [1.165, 1.54) is 44.4 Å². The zero-order valence-corrected chi connectivity index (χ0v) is 19.0. The van der Waals surface area contributed by atoms with E-state index in [1.54, 1.807) is 17.7 Å². The van der Waals surface area contributed by atoms with Gasteiger partial charge in [0.15, 0.2) is 0 Å². The van der Waals surface area contributed by atoms with Crippen molar-refractivity contribution >= 4 is 44.3 Å². The van der Waals surface area contributed by atoms with Crippen molar-refractivity contribution in [1.82, 2.24) is 13.9 Å². The van der Waals surface area contributed by atoms with Crippen LogP contribution in [0.2, 0.25) is 5.02 Å². The second kappa shape index (κ2) is 9.39. The molecule has 1 amide bonds. The summed E-state index contributed by atoms with van der Waals surface area (Å²) in [6.45, 7) is -3.00. The van der Waals surface area contributed by atoms with Gasteiger partial charge in [-0.1, -0.05) is 11.6 Å². The van der Waals surface area contributed by atoms with Crippen molar-refractivity contribution in [2.75, 3.05) is 19.4 Å². The van der Waals surface area contributed by atoms with Crippen LogP contribution in [0, 0.1) is 0 Å². The van der Waals surface area contributed by atoms with Crippen LogP contribution in [0.15, 0.2) is 41.3 Å². The highest BCUT2D eigenvalue weighted by molar-refractivity contribution is 7.89. The fraction of sp³-hybridized carbons (Fsp3) is 0.300. The number of benzene rings is 2. The fourth-order valence-corrected chi connectivity index (χ4v) is 4.19. The number of carbonyl (C=O) groups is 1. The highest BCUT2D eigenvalue weighted by atomic mass is 35.5. The lowest BCUT2D eigenvalue weighted by molar-refractivity contribution is -0.116. The minimum atomic E-state index is -3.59. The Morgan fingerprint density at radius 3 is 2.59 bits per heavy atom. The van der Waals surface area contributed by atoms with Crippen LogP contribution in [0.5, 0.6) is 5.75 Å². The quantitative estimate of drug-likeness (QED) is 0.524. The number of halogens is 3. The average Bonchev–Trinajstić information content (AvgIpc) is 3.03. The summed E-state index contributed by atoms with van der Waals surface area (Å²) < 4.78 is 56.5. The van der Waals surface area contributed by atoms with Gasteiger partial charge in [0.1, 0.15) is 11.6 Å². The van der Waals surface area contributed by atoms with Crippen LogP contribution in [0.3, 0.4) is 0 Å². The Balaban J connectivity index is 1.70. The minimum Gasteiger partial charge on any atom is -0.433 e. The Kier molecular flexibility index (Phi) is 7.01. The number of alkyl halides is 2. The van der Waals surface area contributed by atoms with Crippen LogP contribution in [0.4, 0.5) is 14.5 Å². The van der Waals surface area contributed by atoms with Crippen LogP contribution < -0.4 is 10.1 Å². The van der Waals surface area contributed by atoms with Gasteiger partial charge < -0.3 is 14.6 Å². The zero-order chi connectivity index (χ0) is 23.6. The maximum Gasteiger partial charge on any atom is 0.387 e. The Morgan fingerprint density at radius 1 is 1.25 bits per heavy atom. The van der Waals surface area contributed by atoms with E-state index < -0.39 is 16.6 Å². The summed E-state index contributed by atoms with van der Waals surface area (Å²) in [5, 5.41) is 2.59. The maximum atomic E-state index is 12.3. The summed E-state index contributed by atoms with van der Waals surface area (Å²) in [4.78, 5) is 16.9. The number of anilines is 1. The Morgan fingerprint density at radius 2 is 1.97 bits per heavy atom. The molecule has 2 aromatic carbocycles. The van der Waals surface area contributed by atoms with Crippen LogP contribution in [0.25, 0.3) is 11.0 Å². The third kappa shape index (κ3) is 5.17. The highest BCUT2D eigenvalue weighted by Crippen LogP contribution is 2.29. The maximum absolute atomic E-state index is 12.3. The summed E-state index contributed by atoms with van der Waals surface area (Å²) in [6, 6.07) is 8.66. The molecular formula is C20H21ClF2N4O4S. The molecular weight excluding hydrogens is 466 g/mol. The molecule has 0 atom stereocenters. The zero-order valence-electron chi connectivity index (χ0n) is 17.5. The summed E-state index contributed by atoms with van der Waals surface area (Å²) in [5.41, 5.74) is 1.58. The van der Waals surface area contributed by atoms with Gasteiger partial charge in [-0.3, -0.25) is 4.79 Å². The lowest BCUT2D eigenvalue weighted by atomic mass is 10.2. The van der Waals surface area contributed by atoms with E-state index in [0.29, 0.717) is 23.4 Å². The number of nitrogens with zero attached hydrogens (tertiary/aromatic N) is 3.